The molecule has 1 aliphatic rings. The number of nitriles is 1. The minimum atomic E-state index is -0.357. The second kappa shape index (κ2) is 5.68. The van der Waals surface area contributed by atoms with Crippen LogP contribution < -0.4 is 4.90 Å². The van der Waals surface area contributed by atoms with Gasteiger partial charge < -0.3 is 9.64 Å². The summed E-state index contributed by atoms with van der Waals surface area (Å²) in [7, 11) is 1.71. The summed E-state index contributed by atoms with van der Waals surface area (Å²) >= 11 is 3.13. The lowest BCUT2D eigenvalue weighted by Gasteiger charge is -2.33. The second-order valence-corrected chi connectivity index (χ2v) is 5.09. The van der Waals surface area contributed by atoms with E-state index in [1.165, 1.54) is 0 Å². The van der Waals surface area contributed by atoms with Crippen molar-refractivity contribution in [3.63, 3.8) is 0 Å². The molecule has 1 fully saturated rings. The van der Waals surface area contributed by atoms with Crippen LogP contribution in [0.5, 0.6) is 0 Å². The Morgan fingerprint density at radius 1 is 1.44 bits per heavy atom. The molecule has 2 rings (SSSR count). The Bertz CT molecular complexity index is 479. The molecule has 1 aromatic carbocycles. The summed E-state index contributed by atoms with van der Waals surface area (Å²) < 4.78 is 19.7. The van der Waals surface area contributed by atoms with Gasteiger partial charge in [-0.1, -0.05) is 0 Å². The number of hydrogen-bond donors (Lipinski definition) is 0. The minimum Gasteiger partial charge on any atom is -0.381 e. The predicted molar refractivity (Wildman–Crippen MR) is 71.1 cm³/mol. The third-order valence-corrected chi connectivity index (χ3v) is 4.07. The number of methoxy groups -OCH3 is 1. The summed E-state index contributed by atoms with van der Waals surface area (Å²) in [5, 5.41) is 8.83. The van der Waals surface area contributed by atoms with E-state index in [0.29, 0.717) is 11.3 Å². The van der Waals surface area contributed by atoms with Gasteiger partial charge in [-0.25, -0.2) is 4.39 Å². The van der Waals surface area contributed by atoms with E-state index in [1.807, 2.05) is 11.0 Å². The zero-order valence-corrected chi connectivity index (χ0v) is 11.7. The molecular formula is C13H14BrFN2O. The van der Waals surface area contributed by atoms with Gasteiger partial charge >= 0.3 is 0 Å². The number of piperidine rings is 1. The highest BCUT2D eigenvalue weighted by molar-refractivity contribution is 9.10. The van der Waals surface area contributed by atoms with Crippen molar-refractivity contribution in [2.24, 2.45) is 0 Å². The van der Waals surface area contributed by atoms with Gasteiger partial charge in [-0.3, -0.25) is 0 Å². The predicted octanol–water partition coefficient (Wildman–Crippen LogP) is 3.08. The van der Waals surface area contributed by atoms with Crippen LogP contribution in [0, 0.1) is 17.1 Å². The van der Waals surface area contributed by atoms with Crippen LogP contribution in [0.2, 0.25) is 0 Å². The van der Waals surface area contributed by atoms with Crippen LogP contribution in [0.4, 0.5) is 10.1 Å². The van der Waals surface area contributed by atoms with E-state index >= 15 is 0 Å². The molecule has 18 heavy (non-hydrogen) atoms. The lowest BCUT2D eigenvalue weighted by molar-refractivity contribution is 0.0818. The highest BCUT2D eigenvalue weighted by Gasteiger charge is 2.22. The first-order valence-corrected chi connectivity index (χ1v) is 6.62. The Labute approximate surface area is 114 Å². The van der Waals surface area contributed by atoms with Crippen LogP contribution >= 0.6 is 15.9 Å². The summed E-state index contributed by atoms with van der Waals surface area (Å²) in [6.07, 6.45) is 2.06. The molecule has 0 aromatic heterocycles. The lowest BCUT2D eigenvalue weighted by atomic mass is 10.1. The highest BCUT2D eigenvalue weighted by atomic mass is 79.9. The van der Waals surface area contributed by atoms with Gasteiger partial charge in [-0.05, 0) is 40.9 Å². The van der Waals surface area contributed by atoms with E-state index in [2.05, 4.69) is 15.9 Å². The smallest absolute Gasteiger partial charge is 0.161 e. The molecule has 0 radical (unpaired) electrons. The second-order valence-electron chi connectivity index (χ2n) is 4.29. The molecule has 0 N–H and O–H groups in total. The van der Waals surface area contributed by atoms with Crippen LogP contribution in [0.25, 0.3) is 0 Å². The van der Waals surface area contributed by atoms with E-state index < -0.39 is 0 Å². The molecule has 0 unspecified atom stereocenters. The number of halogens is 2. The van der Waals surface area contributed by atoms with Crippen molar-refractivity contribution in [2.45, 2.75) is 18.9 Å². The Morgan fingerprint density at radius 2 is 2.11 bits per heavy atom. The number of benzene rings is 1. The lowest BCUT2D eigenvalue weighted by Crippen LogP contribution is -2.37. The number of anilines is 1. The Balaban J connectivity index is 2.20. The molecule has 0 amide bonds. The zero-order valence-electron chi connectivity index (χ0n) is 10.1. The molecule has 5 heteroatoms. The van der Waals surface area contributed by atoms with Gasteiger partial charge in [-0.2, -0.15) is 5.26 Å². The quantitative estimate of drug-likeness (QED) is 0.842. The molecule has 1 heterocycles. The molecule has 3 nitrogen and oxygen atoms in total. The van der Waals surface area contributed by atoms with Crippen LogP contribution in [0.15, 0.2) is 16.6 Å². The summed E-state index contributed by atoms with van der Waals surface area (Å²) in [6, 6.07) is 5.27. The van der Waals surface area contributed by atoms with Gasteiger partial charge in [0, 0.05) is 20.2 Å². The molecule has 0 atom stereocenters. The first-order valence-electron chi connectivity index (χ1n) is 5.83. The maximum atomic E-state index is 14.1. The Kier molecular flexibility index (Phi) is 4.20. The van der Waals surface area contributed by atoms with E-state index in [9.17, 15) is 4.39 Å². The van der Waals surface area contributed by atoms with E-state index in [0.717, 1.165) is 25.9 Å². The third kappa shape index (κ3) is 2.50. The number of nitrogens with zero attached hydrogens (tertiary/aromatic N) is 2. The van der Waals surface area contributed by atoms with Crippen molar-refractivity contribution in [2.75, 3.05) is 25.1 Å². The van der Waals surface area contributed by atoms with E-state index in [4.69, 9.17) is 10.00 Å². The Hall–Kier alpha value is -1.12. The number of ether oxygens (including phenoxy) is 1. The largest absolute Gasteiger partial charge is 0.381 e. The van der Waals surface area contributed by atoms with Gasteiger partial charge in [-0.15, -0.1) is 0 Å². The summed E-state index contributed by atoms with van der Waals surface area (Å²) in [5.41, 5.74) is 0.874. The SMILES string of the molecule is COC1CCN(c2ccc(C#N)c(Br)c2F)CC1. The number of hydrogen-bond acceptors (Lipinski definition) is 3. The fraction of sp³-hybridized carbons (Fsp3) is 0.462. The Morgan fingerprint density at radius 3 is 2.67 bits per heavy atom. The molecule has 1 aliphatic heterocycles. The first kappa shape index (κ1) is 13.3. The molecule has 96 valence electrons. The molecular weight excluding hydrogens is 299 g/mol. The van der Waals surface area contributed by atoms with Gasteiger partial charge in [0.25, 0.3) is 0 Å². The fourth-order valence-corrected chi connectivity index (χ4v) is 2.63. The first-order chi connectivity index (χ1) is 8.67. The van der Waals surface area contributed by atoms with Crippen molar-refractivity contribution in [1.29, 1.82) is 5.26 Å². The average molecular weight is 313 g/mol. The molecule has 0 bridgehead atoms. The van der Waals surface area contributed by atoms with Gasteiger partial charge in [0.05, 0.1) is 21.8 Å². The van der Waals surface area contributed by atoms with Crippen molar-refractivity contribution < 1.29 is 9.13 Å². The summed E-state index contributed by atoms with van der Waals surface area (Å²) in [5.74, 6) is -0.357. The normalized spacial score (nSPS) is 16.7. The third-order valence-electron chi connectivity index (χ3n) is 3.30. The van der Waals surface area contributed by atoms with Crippen molar-refractivity contribution in [3.8, 4) is 6.07 Å². The van der Waals surface area contributed by atoms with Crippen molar-refractivity contribution >= 4 is 21.6 Å². The molecule has 0 aliphatic carbocycles. The maximum absolute atomic E-state index is 14.1. The fourth-order valence-electron chi connectivity index (χ4n) is 2.20. The topological polar surface area (TPSA) is 36.3 Å². The van der Waals surface area contributed by atoms with Crippen LogP contribution in [0.1, 0.15) is 18.4 Å². The number of rotatable bonds is 2. The molecule has 1 aromatic rings. The van der Waals surface area contributed by atoms with Gasteiger partial charge in [0.2, 0.25) is 0 Å². The van der Waals surface area contributed by atoms with Crippen LogP contribution in [-0.2, 0) is 4.74 Å². The standard InChI is InChI=1S/C13H14BrFN2O/c1-18-10-4-6-17(7-5-10)11-3-2-9(8-16)12(14)13(11)15/h2-3,10H,4-7H2,1H3. The monoisotopic (exact) mass is 312 g/mol. The molecule has 1 saturated heterocycles. The molecule has 0 saturated carbocycles. The average Bonchev–Trinajstić information content (AvgIpc) is 2.42. The highest BCUT2D eigenvalue weighted by Crippen LogP contribution is 2.31. The van der Waals surface area contributed by atoms with Crippen molar-refractivity contribution in [1.82, 2.24) is 0 Å². The maximum Gasteiger partial charge on any atom is 0.161 e. The van der Waals surface area contributed by atoms with Crippen LogP contribution in [0.3, 0.4) is 0 Å². The van der Waals surface area contributed by atoms with E-state index in [-0.39, 0.29) is 16.4 Å². The van der Waals surface area contributed by atoms with Crippen molar-refractivity contribution in [3.05, 3.63) is 28.0 Å². The van der Waals surface area contributed by atoms with E-state index in [1.54, 1.807) is 19.2 Å². The van der Waals surface area contributed by atoms with Gasteiger partial charge in [0.15, 0.2) is 5.82 Å². The van der Waals surface area contributed by atoms with Crippen LogP contribution in [-0.4, -0.2) is 26.3 Å². The zero-order chi connectivity index (χ0) is 13.1. The molecule has 0 spiro atoms. The summed E-state index contributed by atoms with van der Waals surface area (Å²) in [6.45, 7) is 1.54. The van der Waals surface area contributed by atoms with Gasteiger partial charge in [0.1, 0.15) is 6.07 Å². The summed E-state index contributed by atoms with van der Waals surface area (Å²) in [4.78, 5) is 2.00. The minimum absolute atomic E-state index is 0.247.